The summed E-state index contributed by atoms with van der Waals surface area (Å²) in [4.78, 5) is 19.2. The van der Waals surface area contributed by atoms with Gasteiger partial charge in [-0.25, -0.2) is 9.37 Å². The number of aromatic nitrogens is 2. The number of carbonyl (C=O) groups is 1. The number of anilines is 1. The van der Waals surface area contributed by atoms with Crippen molar-refractivity contribution in [3.8, 4) is 0 Å². The van der Waals surface area contributed by atoms with Crippen molar-refractivity contribution in [2.45, 2.75) is 38.6 Å². The Morgan fingerprint density at radius 2 is 1.88 bits per heavy atom. The number of rotatable bonds is 13. The minimum absolute atomic E-state index is 0.0222. The van der Waals surface area contributed by atoms with E-state index >= 15 is 0 Å². The molecule has 33 heavy (non-hydrogen) atoms. The molecule has 0 fully saturated rings. The average Bonchev–Trinajstić information content (AvgIpc) is 3.28. The van der Waals surface area contributed by atoms with Crippen LogP contribution in [0.15, 0.2) is 54.6 Å². The van der Waals surface area contributed by atoms with Crippen LogP contribution in [-0.2, 0) is 22.4 Å². The van der Waals surface area contributed by atoms with Crippen LogP contribution in [-0.4, -0.2) is 48.1 Å². The summed E-state index contributed by atoms with van der Waals surface area (Å²) in [7, 11) is 1.65. The molecule has 0 spiro atoms. The Kier molecular flexibility index (Phi) is 9.77. The van der Waals surface area contributed by atoms with Crippen molar-refractivity contribution in [1.29, 1.82) is 0 Å². The van der Waals surface area contributed by atoms with Crippen LogP contribution in [0.1, 0.15) is 36.7 Å². The van der Waals surface area contributed by atoms with Gasteiger partial charge in [0.1, 0.15) is 11.6 Å². The van der Waals surface area contributed by atoms with Gasteiger partial charge in [0.25, 0.3) is 0 Å². The number of carbonyl (C=O) groups excluding carboxylic acids is 1. The number of nitrogens with zero attached hydrogens (tertiary/aromatic N) is 3. The van der Waals surface area contributed by atoms with Crippen molar-refractivity contribution in [2.24, 2.45) is 0 Å². The lowest BCUT2D eigenvalue weighted by atomic mass is 10.1. The summed E-state index contributed by atoms with van der Waals surface area (Å²) in [5.74, 6) is 0.445. The lowest BCUT2D eigenvalue weighted by Crippen LogP contribution is -2.36. The predicted octanol–water partition coefficient (Wildman–Crippen LogP) is 4.25. The summed E-state index contributed by atoms with van der Waals surface area (Å²) in [6.07, 6.45) is 2.73. The molecule has 0 aliphatic rings. The maximum absolute atomic E-state index is 13.1. The summed E-state index contributed by atoms with van der Waals surface area (Å²) >= 11 is 1.31. The monoisotopic (exact) mass is 470 g/mol. The van der Waals surface area contributed by atoms with Gasteiger partial charge in [-0.15, -0.1) is 0 Å². The number of amides is 1. The molecule has 2 aromatic carbocycles. The van der Waals surface area contributed by atoms with Crippen molar-refractivity contribution in [2.75, 3.05) is 31.7 Å². The molecule has 1 atom stereocenters. The summed E-state index contributed by atoms with van der Waals surface area (Å²) < 4.78 is 22.8. The SMILES string of the molecule is COCCN(CCC(=O)NC(C)CCc1ccccc1)c1nc(Cc2ccc(F)cc2)ns1. The Morgan fingerprint density at radius 1 is 1.12 bits per heavy atom. The van der Waals surface area contributed by atoms with E-state index in [4.69, 9.17) is 4.74 Å². The van der Waals surface area contributed by atoms with Gasteiger partial charge in [0.15, 0.2) is 0 Å². The van der Waals surface area contributed by atoms with Gasteiger partial charge in [-0.1, -0.05) is 42.5 Å². The lowest BCUT2D eigenvalue weighted by molar-refractivity contribution is -0.121. The molecule has 176 valence electrons. The fourth-order valence-electron chi connectivity index (χ4n) is 3.42. The highest BCUT2D eigenvalue weighted by Gasteiger charge is 2.16. The third-order valence-electron chi connectivity index (χ3n) is 5.29. The van der Waals surface area contributed by atoms with Crippen LogP contribution in [0.5, 0.6) is 0 Å². The Balaban J connectivity index is 1.49. The number of methoxy groups -OCH3 is 1. The zero-order valence-electron chi connectivity index (χ0n) is 19.2. The van der Waals surface area contributed by atoms with Crippen LogP contribution < -0.4 is 10.2 Å². The molecular formula is C25H31FN4O2S. The zero-order valence-corrected chi connectivity index (χ0v) is 20.0. The molecule has 1 heterocycles. The van der Waals surface area contributed by atoms with Crippen LogP contribution in [0.3, 0.4) is 0 Å². The number of hydrogen-bond acceptors (Lipinski definition) is 6. The van der Waals surface area contributed by atoms with E-state index in [9.17, 15) is 9.18 Å². The molecule has 1 amide bonds. The quantitative estimate of drug-likeness (QED) is 0.405. The third kappa shape index (κ3) is 8.55. The second-order valence-electron chi connectivity index (χ2n) is 8.02. The highest BCUT2D eigenvalue weighted by molar-refractivity contribution is 7.09. The number of ether oxygens (including phenoxy) is 1. The second-order valence-corrected chi connectivity index (χ2v) is 8.75. The normalized spacial score (nSPS) is 11.8. The van der Waals surface area contributed by atoms with Gasteiger partial charge in [-0.2, -0.15) is 4.37 Å². The second kappa shape index (κ2) is 13.0. The van der Waals surface area contributed by atoms with Crippen LogP contribution in [0, 0.1) is 5.82 Å². The fourth-order valence-corrected chi connectivity index (χ4v) is 4.15. The molecule has 3 aromatic rings. The first-order chi connectivity index (χ1) is 16.0. The summed E-state index contributed by atoms with van der Waals surface area (Å²) in [6.45, 7) is 3.72. The molecule has 1 aromatic heterocycles. The smallest absolute Gasteiger partial charge is 0.221 e. The highest BCUT2D eigenvalue weighted by atomic mass is 32.1. The molecule has 0 aliphatic carbocycles. The Labute approximate surface area is 199 Å². The van der Waals surface area contributed by atoms with E-state index in [-0.39, 0.29) is 17.8 Å². The Bertz CT molecular complexity index is 982. The van der Waals surface area contributed by atoms with E-state index in [1.807, 2.05) is 30.0 Å². The molecule has 0 aliphatic heterocycles. The van der Waals surface area contributed by atoms with E-state index in [2.05, 4.69) is 26.8 Å². The van der Waals surface area contributed by atoms with Crippen molar-refractivity contribution in [1.82, 2.24) is 14.7 Å². The first kappa shape index (κ1) is 24.8. The van der Waals surface area contributed by atoms with Gasteiger partial charge in [-0.3, -0.25) is 4.79 Å². The molecule has 1 N–H and O–H groups in total. The molecule has 0 saturated heterocycles. The summed E-state index contributed by atoms with van der Waals surface area (Å²) in [5.41, 5.74) is 2.23. The summed E-state index contributed by atoms with van der Waals surface area (Å²) in [5, 5.41) is 3.85. The molecule has 0 saturated carbocycles. The maximum atomic E-state index is 13.1. The van der Waals surface area contributed by atoms with Crippen LogP contribution in [0.25, 0.3) is 0 Å². The number of hydrogen-bond donors (Lipinski definition) is 1. The Hall–Kier alpha value is -2.84. The highest BCUT2D eigenvalue weighted by Crippen LogP contribution is 2.19. The maximum Gasteiger partial charge on any atom is 0.221 e. The van der Waals surface area contributed by atoms with E-state index in [0.717, 1.165) is 23.5 Å². The molecule has 6 nitrogen and oxygen atoms in total. The minimum atomic E-state index is -0.260. The molecule has 3 rings (SSSR count). The van der Waals surface area contributed by atoms with Crippen molar-refractivity contribution < 1.29 is 13.9 Å². The van der Waals surface area contributed by atoms with Gasteiger partial charge in [0, 0.05) is 50.6 Å². The third-order valence-corrected chi connectivity index (χ3v) is 6.11. The van der Waals surface area contributed by atoms with Gasteiger partial charge in [-0.05, 0) is 43.0 Å². The van der Waals surface area contributed by atoms with E-state index in [1.54, 1.807) is 19.2 Å². The first-order valence-electron chi connectivity index (χ1n) is 11.2. The van der Waals surface area contributed by atoms with Crippen LogP contribution in [0.4, 0.5) is 9.52 Å². The number of nitrogens with one attached hydrogen (secondary N) is 1. The number of halogens is 1. The topological polar surface area (TPSA) is 67.3 Å². The standard InChI is InChI=1S/C25H31FN4O2S/c1-19(8-9-20-6-4-3-5-7-20)27-24(31)14-15-30(16-17-32-2)25-28-23(29-33-25)18-21-10-12-22(26)13-11-21/h3-7,10-13,19H,8-9,14-18H2,1-2H3,(H,27,31). The van der Waals surface area contributed by atoms with Crippen molar-refractivity contribution in [3.05, 3.63) is 77.4 Å². The first-order valence-corrected chi connectivity index (χ1v) is 11.9. The summed E-state index contributed by atoms with van der Waals surface area (Å²) in [6, 6.07) is 16.7. The molecule has 8 heteroatoms. The number of benzene rings is 2. The van der Waals surface area contributed by atoms with Gasteiger partial charge >= 0.3 is 0 Å². The van der Waals surface area contributed by atoms with E-state index in [0.29, 0.717) is 38.4 Å². The van der Waals surface area contributed by atoms with E-state index in [1.165, 1.54) is 29.2 Å². The van der Waals surface area contributed by atoms with Gasteiger partial charge in [0.05, 0.1) is 6.61 Å². The number of aryl methyl sites for hydroxylation is 1. The molecular weight excluding hydrogens is 439 g/mol. The predicted molar refractivity (Wildman–Crippen MR) is 130 cm³/mol. The average molecular weight is 471 g/mol. The van der Waals surface area contributed by atoms with Crippen LogP contribution in [0.2, 0.25) is 0 Å². The molecule has 0 radical (unpaired) electrons. The van der Waals surface area contributed by atoms with E-state index < -0.39 is 0 Å². The van der Waals surface area contributed by atoms with Crippen molar-refractivity contribution >= 4 is 22.6 Å². The minimum Gasteiger partial charge on any atom is -0.383 e. The molecule has 1 unspecified atom stereocenters. The van der Waals surface area contributed by atoms with Gasteiger partial charge < -0.3 is 15.0 Å². The zero-order chi connectivity index (χ0) is 23.5. The van der Waals surface area contributed by atoms with Crippen LogP contribution >= 0.6 is 11.5 Å². The van der Waals surface area contributed by atoms with Gasteiger partial charge in [0.2, 0.25) is 11.0 Å². The lowest BCUT2D eigenvalue weighted by Gasteiger charge is -2.21. The largest absolute Gasteiger partial charge is 0.383 e. The Morgan fingerprint density at radius 3 is 2.61 bits per heavy atom. The fraction of sp³-hybridized carbons (Fsp3) is 0.400. The van der Waals surface area contributed by atoms with Crippen molar-refractivity contribution in [3.63, 3.8) is 0 Å². The molecule has 0 bridgehead atoms.